The topological polar surface area (TPSA) is 120 Å². The molecule has 0 amide bonds. The molecule has 1 aromatic carbocycles. The monoisotopic (exact) mass is 459 g/mol. The second kappa shape index (κ2) is 8.99. The largest absolute Gasteiger partial charge is 0.478 e. The summed E-state index contributed by atoms with van der Waals surface area (Å²) >= 11 is 0. The number of aryl methyl sites for hydroxylation is 1. The number of fused-ring (bicyclic) bond motifs is 1. The summed E-state index contributed by atoms with van der Waals surface area (Å²) in [5, 5.41) is 4.55. The number of nitrogens with two attached hydrogens (primary N) is 1. The number of hydrogen-bond acceptors (Lipinski definition) is 9. The second-order valence-electron chi connectivity index (χ2n) is 7.97. The van der Waals surface area contributed by atoms with Crippen LogP contribution in [0.2, 0.25) is 0 Å². The maximum atomic E-state index is 13.0. The van der Waals surface area contributed by atoms with Crippen molar-refractivity contribution in [1.29, 1.82) is 0 Å². The number of benzene rings is 1. The molecule has 3 N–H and O–H groups in total. The Labute approximate surface area is 196 Å². The fourth-order valence-corrected chi connectivity index (χ4v) is 3.95. The molecular formula is C24H25N7O3. The molecule has 4 heterocycles. The van der Waals surface area contributed by atoms with Gasteiger partial charge >= 0.3 is 0 Å². The Morgan fingerprint density at radius 3 is 2.59 bits per heavy atom. The van der Waals surface area contributed by atoms with Crippen molar-refractivity contribution in [2.75, 3.05) is 49.4 Å². The molecule has 0 aliphatic carbocycles. The average molecular weight is 460 g/mol. The van der Waals surface area contributed by atoms with Crippen LogP contribution in [0.5, 0.6) is 5.88 Å². The van der Waals surface area contributed by atoms with E-state index in [-0.39, 0.29) is 17.3 Å². The highest BCUT2D eigenvalue weighted by atomic mass is 16.5. The normalized spacial score (nSPS) is 13.8. The van der Waals surface area contributed by atoms with Crippen molar-refractivity contribution in [1.82, 2.24) is 19.5 Å². The van der Waals surface area contributed by atoms with Gasteiger partial charge in [0.15, 0.2) is 5.82 Å². The van der Waals surface area contributed by atoms with Crippen LogP contribution in [0.3, 0.4) is 0 Å². The molecule has 174 valence electrons. The van der Waals surface area contributed by atoms with Gasteiger partial charge in [0.1, 0.15) is 11.5 Å². The van der Waals surface area contributed by atoms with Crippen molar-refractivity contribution >= 4 is 33.8 Å². The van der Waals surface area contributed by atoms with Crippen molar-refractivity contribution in [2.24, 2.45) is 7.05 Å². The summed E-state index contributed by atoms with van der Waals surface area (Å²) in [5.41, 5.74) is 8.64. The second-order valence-corrected chi connectivity index (χ2v) is 7.97. The molecule has 1 saturated heterocycles. The summed E-state index contributed by atoms with van der Waals surface area (Å²) in [5.74, 6) is 0.849. The molecule has 0 bridgehead atoms. The number of morpholine rings is 1. The van der Waals surface area contributed by atoms with E-state index >= 15 is 0 Å². The van der Waals surface area contributed by atoms with Gasteiger partial charge in [-0.15, -0.1) is 0 Å². The Kier molecular flexibility index (Phi) is 5.72. The highest BCUT2D eigenvalue weighted by Crippen LogP contribution is 2.29. The van der Waals surface area contributed by atoms with Crippen molar-refractivity contribution < 1.29 is 9.47 Å². The molecule has 1 aliphatic rings. The first-order valence-electron chi connectivity index (χ1n) is 10.9. The van der Waals surface area contributed by atoms with Gasteiger partial charge in [-0.1, -0.05) is 0 Å². The van der Waals surface area contributed by atoms with Gasteiger partial charge in [0.05, 0.1) is 37.6 Å². The van der Waals surface area contributed by atoms with Crippen LogP contribution in [0.1, 0.15) is 0 Å². The molecule has 1 fully saturated rings. The number of nitrogens with one attached hydrogen (secondary N) is 1. The number of nitrogen functional groups attached to an aromatic ring is 1. The fourth-order valence-electron chi connectivity index (χ4n) is 3.95. The summed E-state index contributed by atoms with van der Waals surface area (Å²) in [6.45, 7) is 3.18. The lowest BCUT2D eigenvalue weighted by molar-refractivity contribution is 0.122. The van der Waals surface area contributed by atoms with Gasteiger partial charge in [-0.05, 0) is 41.8 Å². The third-order valence-corrected chi connectivity index (χ3v) is 5.79. The first-order chi connectivity index (χ1) is 16.5. The van der Waals surface area contributed by atoms with Crippen molar-refractivity contribution in [3.8, 4) is 17.3 Å². The molecular weight excluding hydrogens is 434 g/mol. The SMILES string of the molecule is COc1nc(-c2cc3ccn(C)c(=O)c3c(Nc3ccc(N4CCOCC4)cc3)n2)cnc1N. The van der Waals surface area contributed by atoms with Crippen molar-refractivity contribution in [3.63, 3.8) is 0 Å². The zero-order valence-corrected chi connectivity index (χ0v) is 19.0. The number of ether oxygens (including phenoxy) is 2. The number of pyridine rings is 2. The van der Waals surface area contributed by atoms with Crippen LogP contribution in [0, 0.1) is 0 Å². The van der Waals surface area contributed by atoms with Gasteiger partial charge in [-0.25, -0.2) is 15.0 Å². The van der Waals surface area contributed by atoms with Gasteiger partial charge in [-0.2, -0.15) is 0 Å². The molecule has 1 aliphatic heterocycles. The van der Waals surface area contributed by atoms with Crippen LogP contribution in [0.15, 0.2) is 53.6 Å². The van der Waals surface area contributed by atoms with Crippen LogP contribution in [-0.2, 0) is 11.8 Å². The molecule has 0 radical (unpaired) electrons. The standard InChI is InChI=1S/C24H25N7O3/c1-30-8-7-15-13-18(19-14-26-21(25)23(29-19)33-2)28-22(20(15)24(30)32)27-16-3-5-17(6-4-16)31-9-11-34-12-10-31/h3-8,13-14H,9-12H2,1-2H3,(H2,25,26)(H,27,28). The van der Waals surface area contributed by atoms with Gasteiger partial charge < -0.3 is 30.0 Å². The highest BCUT2D eigenvalue weighted by Gasteiger charge is 2.16. The summed E-state index contributed by atoms with van der Waals surface area (Å²) < 4.78 is 12.2. The van der Waals surface area contributed by atoms with E-state index < -0.39 is 0 Å². The smallest absolute Gasteiger partial charge is 0.261 e. The first kappa shape index (κ1) is 21.7. The minimum atomic E-state index is -0.148. The minimum absolute atomic E-state index is 0.148. The maximum absolute atomic E-state index is 13.0. The third kappa shape index (κ3) is 4.11. The van der Waals surface area contributed by atoms with Crippen LogP contribution in [0.25, 0.3) is 22.2 Å². The van der Waals surface area contributed by atoms with E-state index in [1.165, 1.54) is 17.9 Å². The Bertz CT molecular complexity index is 1400. The van der Waals surface area contributed by atoms with Crippen LogP contribution < -0.4 is 26.2 Å². The third-order valence-electron chi connectivity index (χ3n) is 5.79. The Hall–Kier alpha value is -4.18. The minimum Gasteiger partial charge on any atom is -0.478 e. The summed E-state index contributed by atoms with van der Waals surface area (Å²) in [4.78, 5) is 28.6. The van der Waals surface area contributed by atoms with E-state index in [2.05, 4.69) is 20.2 Å². The Balaban J connectivity index is 1.56. The molecule has 0 unspecified atom stereocenters. The zero-order chi connectivity index (χ0) is 23.7. The van der Waals surface area contributed by atoms with Gasteiger partial charge in [-0.3, -0.25) is 4.79 Å². The molecule has 0 spiro atoms. The molecule has 10 nitrogen and oxygen atoms in total. The van der Waals surface area contributed by atoms with Gasteiger partial charge in [0, 0.05) is 37.7 Å². The highest BCUT2D eigenvalue weighted by molar-refractivity contribution is 5.95. The van der Waals surface area contributed by atoms with Crippen LogP contribution in [0.4, 0.5) is 23.0 Å². The van der Waals surface area contributed by atoms with E-state index in [0.717, 1.165) is 43.1 Å². The molecule has 34 heavy (non-hydrogen) atoms. The molecule has 0 saturated carbocycles. The number of nitrogens with zero attached hydrogens (tertiary/aromatic N) is 5. The number of anilines is 4. The lowest BCUT2D eigenvalue weighted by atomic mass is 10.1. The summed E-state index contributed by atoms with van der Waals surface area (Å²) in [7, 11) is 3.20. The quantitative estimate of drug-likeness (QED) is 0.464. The number of aromatic nitrogens is 4. The van der Waals surface area contributed by atoms with Crippen molar-refractivity contribution in [3.05, 3.63) is 59.1 Å². The predicted molar refractivity (Wildman–Crippen MR) is 132 cm³/mol. The summed E-state index contributed by atoms with van der Waals surface area (Å²) in [6.07, 6.45) is 3.26. The molecule has 0 atom stereocenters. The molecule has 3 aromatic heterocycles. The Morgan fingerprint density at radius 1 is 1.09 bits per heavy atom. The van der Waals surface area contributed by atoms with Crippen LogP contribution >= 0.6 is 0 Å². The molecule has 4 aromatic rings. The maximum Gasteiger partial charge on any atom is 0.261 e. The van der Waals surface area contributed by atoms with E-state index in [0.29, 0.717) is 22.6 Å². The first-order valence-corrected chi connectivity index (χ1v) is 10.9. The number of methoxy groups -OCH3 is 1. The average Bonchev–Trinajstić information content (AvgIpc) is 2.87. The zero-order valence-electron chi connectivity index (χ0n) is 19.0. The molecule has 5 rings (SSSR count). The van der Waals surface area contributed by atoms with E-state index in [1.807, 2.05) is 36.4 Å². The van der Waals surface area contributed by atoms with E-state index in [4.69, 9.17) is 20.2 Å². The van der Waals surface area contributed by atoms with E-state index in [1.54, 1.807) is 13.2 Å². The number of rotatable bonds is 5. The van der Waals surface area contributed by atoms with Gasteiger partial charge in [0.2, 0.25) is 0 Å². The number of hydrogen-bond donors (Lipinski definition) is 2. The lowest BCUT2D eigenvalue weighted by Crippen LogP contribution is -2.36. The predicted octanol–water partition coefficient (Wildman–Crippen LogP) is 2.56. The molecule has 10 heteroatoms. The summed E-state index contributed by atoms with van der Waals surface area (Å²) in [6, 6.07) is 11.7. The van der Waals surface area contributed by atoms with Gasteiger partial charge in [0.25, 0.3) is 11.4 Å². The lowest BCUT2D eigenvalue weighted by Gasteiger charge is -2.28. The fraction of sp³-hybridized carbons (Fsp3) is 0.250. The van der Waals surface area contributed by atoms with Crippen LogP contribution in [-0.4, -0.2) is 52.9 Å². The Morgan fingerprint density at radius 2 is 1.85 bits per heavy atom. The van der Waals surface area contributed by atoms with Crippen molar-refractivity contribution in [2.45, 2.75) is 0 Å². The van der Waals surface area contributed by atoms with E-state index in [9.17, 15) is 4.79 Å².